The van der Waals surface area contributed by atoms with E-state index < -0.39 is 35.9 Å². The molecular formula is C26H20F3N3O4. The van der Waals surface area contributed by atoms with E-state index in [2.05, 4.69) is 10.4 Å². The number of carbonyl (C=O) groups is 2. The van der Waals surface area contributed by atoms with Crippen molar-refractivity contribution in [1.82, 2.24) is 15.1 Å². The Morgan fingerprint density at radius 1 is 0.917 bits per heavy atom. The molecule has 0 atom stereocenters. The third kappa shape index (κ3) is 5.72. The maximum absolute atomic E-state index is 13.8. The molecule has 0 aliphatic rings. The lowest BCUT2D eigenvalue weighted by molar-refractivity contribution is -0.143. The SMILES string of the molecule is O=C(O)COc1ccc(-c2ccc(CNC(=O)c3cnn(-c4ccccc4)c3C(F)(F)F)cc2)cc1. The van der Waals surface area contributed by atoms with Crippen molar-refractivity contribution in [3.63, 3.8) is 0 Å². The first-order valence-corrected chi connectivity index (χ1v) is 10.7. The fraction of sp³-hybridized carbons (Fsp3) is 0.115. The Labute approximate surface area is 203 Å². The van der Waals surface area contributed by atoms with Gasteiger partial charge in [0.15, 0.2) is 12.3 Å². The third-order valence-electron chi connectivity index (χ3n) is 5.24. The summed E-state index contributed by atoms with van der Waals surface area (Å²) in [5.41, 5.74) is 0.902. The predicted molar refractivity (Wildman–Crippen MR) is 125 cm³/mol. The minimum atomic E-state index is -4.78. The lowest BCUT2D eigenvalue weighted by Gasteiger charge is -2.13. The molecule has 0 aliphatic heterocycles. The first-order chi connectivity index (χ1) is 17.2. The van der Waals surface area contributed by atoms with Gasteiger partial charge in [-0.15, -0.1) is 0 Å². The number of nitrogens with zero attached hydrogens (tertiary/aromatic N) is 2. The molecule has 0 saturated carbocycles. The van der Waals surface area contributed by atoms with E-state index >= 15 is 0 Å². The van der Waals surface area contributed by atoms with Gasteiger partial charge >= 0.3 is 12.1 Å². The number of hydrogen-bond donors (Lipinski definition) is 2. The molecule has 0 radical (unpaired) electrons. The van der Waals surface area contributed by atoms with Crippen LogP contribution in [0.15, 0.2) is 85.1 Å². The number of benzene rings is 3. The van der Waals surface area contributed by atoms with Gasteiger partial charge in [-0.1, -0.05) is 54.6 Å². The van der Waals surface area contributed by atoms with E-state index in [0.29, 0.717) is 16.0 Å². The summed E-state index contributed by atoms with van der Waals surface area (Å²) in [6, 6.07) is 21.8. The third-order valence-corrected chi connectivity index (χ3v) is 5.24. The smallest absolute Gasteiger partial charge is 0.434 e. The van der Waals surface area contributed by atoms with Crippen molar-refractivity contribution in [1.29, 1.82) is 0 Å². The number of aliphatic carboxylic acids is 1. The number of carboxylic acids is 1. The molecule has 184 valence electrons. The van der Waals surface area contributed by atoms with Crippen molar-refractivity contribution in [2.75, 3.05) is 6.61 Å². The second-order valence-corrected chi connectivity index (χ2v) is 7.74. The Bertz CT molecular complexity index is 1350. The number of carboxylic acid groups (broad SMARTS) is 1. The van der Waals surface area contributed by atoms with Gasteiger partial charge in [-0.25, -0.2) is 9.48 Å². The van der Waals surface area contributed by atoms with Gasteiger partial charge in [0.25, 0.3) is 5.91 Å². The van der Waals surface area contributed by atoms with Crippen LogP contribution in [0.2, 0.25) is 0 Å². The van der Waals surface area contributed by atoms with Crippen LogP contribution in [-0.2, 0) is 17.5 Å². The molecule has 1 heterocycles. The Balaban J connectivity index is 1.44. The van der Waals surface area contributed by atoms with E-state index in [9.17, 15) is 22.8 Å². The summed E-state index contributed by atoms with van der Waals surface area (Å²) in [7, 11) is 0. The molecule has 0 unspecified atom stereocenters. The number of carbonyl (C=O) groups excluding carboxylic acids is 1. The first kappa shape index (κ1) is 24.5. The topological polar surface area (TPSA) is 93.4 Å². The molecular weight excluding hydrogens is 475 g/mol. The molecule has 4 rings (SSSR count). The van der Waals surface area contributed by atoms with Gasteiger partial charge in [-0.2, -0.15) is 18.3 Å². The number of halogens is 3. The number of aromatic nitrogens is 2. The number of hydrogen-bond acceptors (Lipinski definition) is 4. The molecule has 1 amide bonds. The van der Waals surface area contributed by atoms with Gasteiger partial charge in [-0.05, 0) is 41.0 Å². The highest BCUT2D eigenvalue weighted by molar-refractivity contribution is 5.95. The van der Waals surface area contributed by atoms with Gasteiger partial charge in [-0.3, -0.25) is 4.79 Å². The van der Waals surface area contributed by atoms with Gasteiger partial charge in [0, 0.05) is 6.54 Å². The summed E-state index contributed by atoms with van der Waals surface area (Å²) in [6.45, 7) is -0.411. The van der Waals surface area contributed by atoms with E-state index in [-0.39, 0.29) is 12.2 Å². The average molecular weight is 495 g/mol. The standard InChI is InChI=1S/C26H20F3N3O4/c27-26(28,29)24-22(15-31-32(24)20-4-2-1-3-5-20)25(35)30-14-17-6-8-18(9-7-17)19-10-12-21(13-11-19)36-16-23(33)34/h1-13,15H,14,16H2,(H,30,35)(H,33,34). The number of nitrogens with one attached hydrogen (secondary N) is 1. The van der Waals surface area contributed by atoms with Crippen LogP contribution >= 0.6 is 0 Å². The summed E-state index contributed by atoms with van der Waals surface area (Å²) >= 11 is 0. The first-order valence-electron chi connectivity index (χ1n) is 10.7. The predicted octanol–water partition coefficient (Wildman–Crippen LogP) is 4.95. The zero-order chi connectivity index (χ0) is 25.7. The second-order valence-electron chi connectivity index (χ2n) is 7.74. The summed E-state index contributed by atoms with van der Waals surface area (Å²) < 4.78 is 47.2. The van der Waals surface area contributed by atoms with Gasteiger partial charge in [0.1, 0.15) is 5.75 Å². The maximum Gasteiger partial charge on any atom is 0.434 e. The van der Waals surface area contributed by atoms with Crippen molar-refractivity contribution in [3.8, 4) is 22.6 Å². The van der Waals surface area contributed by atoms with Crippen molar-refractivity contribution < 1.29 is 32.6 Å². The highest BCUT2D eigenvalue weighted by atomic mass is 19.4. The molecule has 2 N–H and O–H groups in total. The zero-order valence-corrected chi connectivity index (χ0v) is 18.7. The van der Waals surface area contributed by atoms with Crippen LogP contribution in [0.25, 0.3) is 16.8 Å². The van der Waals surface area contributed by atoms with Crippen molar-refractivity contribution in [2.24, 2.45) is 0 Å². The van der Waals surface area contributed by atoms with Crippen LogP contribution in [0.5, 0.6) is 5.75 Å². The van der Waals surface area contributed by atoms with E-state index in [4.69, 9.17) is 9.84 Å². The number of ether oxygens (including phenoxy) is 1. The van der Waals surface area contributed by atoms with Crippen LogP contribution in [0, 0.1) is 0 Å². The van der Waals surface area contributed by atoms with E-state index in [1.807, 2.05) is 12.1 Å². The van der Waals surface area contributed by atoms with Crippen LogP contribution < -0.4 is 10.1 Å². The van der Waals surface area contributed by atoms with Gasteiger partial charge in [0.05, 0.1) is 17.4 Å². The Morgan fingerprint density at radius 3 is 2.11 bits per heavy atom. The summed E-state index contributed by atoms with van der Waals surface area (Å²) in [5.74, 6) is -1.53. The lowest BCUT2D eigenvalue weighted by atomic mass is 10.0. The van der Waals surface area contributed by atoms with Crippen LogP contribution in [0.4, 0.5) is 13.2 Å². The maximum atomic E-state index is 13.8. The number of alkyl halides is 3. The highest BCUT2D eigenvalue weighted by Crippen LogP contribution is 2.33. The monoisotopic (exact) mass is 495 g/mol. The zero-order valence-electron chi connectivity index (χ0n) is 18.7. The number of amides is 1. The number of para-hydroxylation sites is 1. The Hall–Kier alpha value is -4.60. The van der Waals surface area contributed by atoms with E-state index in [0.717, 1.165) is 17.3 Å². The van der Waals surface area contributed by atoms with Gasteiger partial charge < -0.3 is 15.2 Å². The number of rotatable bonds is 8. The molecule has 7 nitrogen and oxygen atoms in total. The fourth-order valence-electron chi connectivity index (χ4n) is 3.53. The molecule has 36 heavy (non-hydrogen) atoms. The van der Waals surface area contributed by atoms with Crippen molar-refractivity contribution in [3.05, 3.63) is 102 Å². The lowest BCUT2D eigenvalue weighted by Crippen LogP contribution is -2.26. The van der Waals surface area contributed by atoms with Gasteiger partial charge in [0.2, 0.25) is 0 Å². The molecule has 0 spiro atoms. The summed E-state index contributed by atoms with van der Waals surface area (Å²) in [4.78, 5) is 23.2. The molecule has 0 fully saturated rings. The highest BCUT2D eigenvalue weighted by Gasteiger charge is 2.40. The quantitative estimate of drug-likeness (QED) is 0.361. The molecule has 0 bridgehead atoms. The molecule has 4 aromatic rings. The molecule has 1 aromatic heterocycles. The van der Waals surface area contributed by atoms with Crippen LogP contribution in [-0.4, -0.2) is 33.4 Å². The summed E-state index contributed by atoms with van der Waals surface area (Å²) in [5, 5.41) is 15.0. The molecule has 10 heteroatoms. The minimum Gasteiger partial charge on any atom is -0.482 e. The summed E-state index contributed by atoms with van der Waals surface area (Å²) in [6.07, 6.45) is -3.87. The van der Waals surface area contributed by atoms with E-state index in [1.54, 1.807) is 54.6 Å². The Morgan fingerprint density at radius 2 is 1.53 bits per heavy atom. The second kappa shape index (κ2) is 10.3. The normalized spacial score (nSPS) is 11.2. The molecule has 3 aromatic carbocycles. The van der Waals surface area contributed by atoms with Crippen molar-refractivity contribution >= 4 is 11.9 Å². The minimum absolute atomic E-state index is 0.0227. The largest absolute Gasteiger partial charge is 0.482 e. The molecule has 0 saturated heterocycles. The fourth-order valence-corrected chi connectivity index (χ4v) is 3.53. The van der Waals surface area contributed by atoms with Crippen molar-refractivity contribution in [2.45, 2.75) is 12.7 Å². The van der Waals surface area contributed by atoms with Crippen LogP contribution in [0.1, 0.15) is 21.6 Å². The average Bonchev–Trinajstić information content (AvgIpc) is 3.34. The van der Waals surface area contributed by atoms with E-state index in [1.165, 1.54) is 12.1 Å². The molecule has 0 aliphatic carbocycles. The van der Waals surface area contributed by atoms with Crippen LogP contribution in [0.3, 0.4) is 0 Å². The Kier molecular flexibility index (Phi) is 7.05.